The number of hydrogen-bond donors (Lipinski definition) is 0. The maximum Gasteiger partial charge on any atom is 0.341 e. The highest BCUT2D eigenvalue weighted by Crippen LogP contribution is 2.24. The maximum atomic E-state index is 12.4. The summed E-state index contributed by atoms with van der Waals surface area (Å²) < 4.78 is 5.25. The minimum atomic E-state index is -0.541. The molecule has 0 fully saturated rings. The Morgan fingerprint density at radius 2 is 1.43 bits per heavy atom. The van der Waals surface area contributed by atoms with E-state index in [1.54, 1.807) is 42.5 Å². The van der Waals surface area contributed by atoms with Crippen LogP contribution >= 0.6 is 0 Å². The van der Waals surface area contributed by atoms with Crippen molar-refractivity contribution in [3.8, 4) is 0 Å². The van der Waals surface area contributed by atoms with E-state index in [0.29, 0.717) is 16.7 Å². The summed E-state index contributed by atoms with van der Waals surface area (Å²) in [5.41, 5.74) is 0.937. The topological polar surface area (TPSA) is 67.6 Å². The van der Waals surface area contributed by atoms with Crippen molar-refractivity contribution < 1.29 is 14.0 Å². The van der Waals surface area contributed by atoms with Gasteiger partial charge in [-0.05, 0) is 24.3 Å². The normalized spacial score (nSPS) is 13.7. The second-order valence-electron chi connectivity index (χ2n) is 5.34. The first-order valence-electron chi connectivity index (χ1n) is 7.12. The summed E-state index contributed by atoms with van der Waals surface area (Å²) in [7, 11) is 0. The van der Waals surface area contributed by atoms with E-state index < -0.39 is 17.4 Å². The Kier molecular flexibility index (Phi) is 2.87. The number of imide groups is 1. The second-order valence-corrected chi connectivity index (χ2v) is 5.34. The molecule has 0 spiro atoms. The van der Waals surface area contributed by atoms with Crippen molar-refractivity contribution in [2.75, 3.05) is 0 Å². The molecule has 4 rings (SSSR count). The highest BCUT2D eigenvalue weighted by molar-refractivity contribution is 6.21. The van der Waals surface area contributed by atoms with Crippen molar-refractivity contribution in [3.05, 3.63) is 81.7 Å². The van der Waals surface area contributed by atoms with Crippen LogP contribution in [0.3, 0.4) is 0 Å². The van der Waals surface area contributed by atoms with Gasteiger partial charge >= 0.3 is 5.63 Å². The average Bonchev–Trinajstić information content (AvgIpc) is 2.81. The molecule has 0 bridgehead atoms. The number of fused-ring (bicyclic) bond motifs is 2. The molecule has 0 saturated heterocycles. The Labute approximate surface area is 130 Å². The number of amides is 2. The molecule has 3 aromatic rings. The molecular formula is C18H11NO4. The van der Waals surface area contributed by atoms with Crippen LogP contribution in [0.1, 0.15) is 26.3 Å². The summed E-state index contributed by atoms with van der Waals surface area (Å²) in [5.74, 6) is -0.781. The lowest BCUT2D eigenvalue weighted by Crippen LogP contribution is -2.31. The second kappa shape index (κ2) is 4.91. The summed E-state index contributed by atoms with van der Waals surface area (Å²) in [4.78, 5) is 37.9. The molecule has 2 aromatic carbocycles. The lowest BCUT2D eigenvalue weighted by Gasteiger charge is -2.13. The van der Waals surface area contributed by atoms with E-state index in [9.17, 15) is 14.4 Å². The zero-order valence-corrected chi connectivity index (χ0v) is 12.0. The van der Waals surface area contributed by atoms with Crippen molar-refractivity contribution in [2.24, 2.45) is 0 Å². The molecule has 2 heterocycles. The van der Waals surface area contributed by atoms with Crippen molar-refractivity contribution in [1.82, 2.24) is 4.90 Å². The van der Waals surface area contributed by atoms with Crippen LogP contribution in [0.4, 0.5) is 0 Å². The van der Waals surface area contributed by atoms with Crippen LogP contribution in [0.25, 0.3) is 11.0 Å². The monoisotopic (exact) mass is 305 g/mol. The number of rotatable bonds is 2. The summed E-state index contributed by atoms with van der Waals surface area (Å²) in [5, 5.41) is 0.749. The van der Waals surface area contributed by atoms with Crippen molar-refractivity contribution >= 4 is 22.8 Å². The molecule has 1 aliphatic heterocycles. The van der Waals surface area contributed by atoms with Gasteiger partial charge in [-0.1, -0.05) is 30.3 Å². The molecule has 5 heteroatoms. The minimum absolute atomic E-state index is 0.0977. The minimum Gasteiger partial charge on any atom is -0.422 e. The standard InChI is InChI=1S/C18H11NO4/c20-16-13-6-2-3-7-14(13)17(21)19(16)10-12-9-11-5-1-4-8-15(11)23-18(12)22/h1-9H,10H2. The summed E-state index contributed by atoms with van der Waals surface area (Å²) >= 11 is 0. The molecule has 0 N–H and O–H groups in total. The van der Waals surface area contributed by atoms with Crippen molar-refractivity contribution in [3.63, 3.8) is 0 Å². The van der Waals surface area contributed by atoms with E-state index in [2.05, 4.69) is 0 Å². The van der Waals surface area contributed by atoms with Gasteiger partial charge in [-0.15, -0.1) is 0 Å². The molecule has 1 aromatic heterocycles. The predicted molar refractivity (Wildman–Crippen MR) is 83.1 cm³/mol. The lowest BCUT2D eigenvalue weighted by atomic mass is 10.1. The SMILES string of the molecule is O=C1c2ccccc2C(=O)N1Cc1cc2ccccc2oc1=O. The lowest BCUT2D eigenvalue weighted by molar-refractivity contribution is 0.0641. The molecule has 2 amide bonds. The molecular weight excluding hydrogens is 294 g/mol. The van der Waals surface area contributed by atoms with Crippen molar-refractivity contribution in [2.45, 2.75) is 6.54 Å². The van der Waals surface area contributed by atoms with Gasteiger partial charge in [-0.25, -0.2) is 4.79 Å². The van der Waals surface area contributed by atoms with E-state index in [-0.39, 0.29) is 12.1 Å². The van der Waals surface area contributed by atoms with Gasteiger partial charge in [-0.3, -0.25) is 14.5 Å². The van der Waals surface area contributed by atoms with E-state index in [1.807, 2.05) is 12.1 Å². The Balaban J connectivity index is 1.75. The van der Waals surface area contributed by atoms with Crippen LogP contribution in [-0.4, -0.2) is 16.7 Å². The fourth-order valence-corrected chi connectivity index (χ4v) is 2.77. The number of carbonyl (C=O) groups excluding carboxylic acids is 2. The molecule has 0 saturated carbocycles. The van der Waals surface area contributed by atoms with Crippen LogP contribution in [0.2, 0.25) is 0 Å². The van der Waals surface area contributed by atoms with Crippen LogP contribution in [-0.2, 0) is 6.54 Å². The first kappa shape index (κ1) is 13.5. The summed E-state index contributed by atoms with van der Waals surface area (Å²) in [6.45, 7) is -0.0977. The Bertz CT molecular complexity index is 984. The van der Waals surface area contributed by atoms with Gasteiger partial charge in [0, 0.05) is 5.39 Å². The molecule has 0 unspecified atom stereocenters. The molecule has 5 nitrogen and oxygen atoms in total. The smallest absolute Gasteiger partial charge is 0.341 e. The number of carbonyl (C=O) groups is 2. The summed E-state index contributed by atoms with van der Waals surface area (Å²) in [6.07, 6.45) is 0. The highest BCUT2D eigenvalue weighted by atomic mass is 16.4. The van der Waals surface area contributed by atoms with Gasteiger partial charge in [0.1, 0.15) is 5.58 Å². The quantitative estimate of drug-likeness (QED) is 0.539. The highest BCUT2D eigenvalue weighted by Gasteiger charge is 2.35. The number of hydrogen-bond acceptors (Lipinski definition) is 4. The summed E-state index contributed by atoms with van der Waals surface area (Å²) in [6, 6.07) is 15.4. The number of para-hydroxylation sites is 1. The molecule has 0 atom stereocenters. The fraction of sp³-hybridized carbons (Fsp3) is 0.0556. The molecule has 23 heavy (non-hydrogen) atoms. The third-order valence-electron chi connectivity index (χ3n) is 3.92. The van der Waals surface area contributed by atoms with Gasteiger partial charge in [0.25, 0.3) is 11.8 Å². The van der Waals surface area contributed by atoms with Crippen LogP contribution in [0.15, 0.2) is 63.8 Å². The van der Waals surface area contributed by atoms with E-state index in [1.165, 1.54) is 0 Å². The Hall–Kier alpha value is -3.21. The van der Waals surface area contributed by atoms with Gasteiger partial charge in [0.2, 0.25) is 0 Å². The first-order chi connectivity index (χ1) is 11.1. The fourth-order valence-electron chi connectivity index (χ4n) is 2.77. The molecule has 112 valence electrons. The first-order valence-corrected chi connectivity index (χ1v) is 7.12. The predicted octanol–water partition coefficient (Wildman–Crippen LogP) is 2.59. The Morgan fingerprint density at radius 3 is 2.13 bits per heavy atom. The van der Waals surface area contributed by atoms with E-state index in [0.717, 1.165) is 10.3 Å². The van der Waals surface area contributed by atoms with Gasteiger partial charge in [-0.2, -0.15) is 0 Å². The zero-order valence-electron chi connectivity index (χ0n) is 12.0. The number of nitrogens with zero attached hydrogens (tertiary/aromatic N) is 1. The molecule has 0 aliphatic carbocycles. The molecule has 1 aliphatic rings. The average molecular weight is 305 g/mol. The Morgan fingerprint density at radius 1 is 0.826 bits per heavy atom. The van der Waals surface area contributed by atoms with Gasteiger partial charge in [0.05, 0.1) is 23.2 Å². The van der Waals surface area contributed by atoms with Gasteiger partial charge in [0.15, 0.2) is 0 Å². The van der Waals surface area contributed by atoms with Crippen LogP contribution in [0, 0.1) is 0 Å². The third-order valence-corrected chi connectivity index (χ3v) is 3.92. The van der Waals surface area contributed by atoms with Crippen molar-refractivity contribution in [1.29, 1.82) is 0 Å². The maximum absolute atomic E-state index is 12.4. The van der Waals surface area contributed by atoms with Crippen LogP contribution < -0.4 is 5.63 Å². The zero-order chi connectivity index (χ0) is 16.0. The van der Waals surface area contributed by atoms with Crippen LogP contribution in [0.5, 0.6) is 0 Å². The van der Waals surface area contributed by atoms with E-state index in [4.69, 9.17) is 4.42 Å². The largest absolute Gasteiger partial charge is 0.422 e. The van der Waals surface area contributed by atoms with Gasteiger partial charge < -0.3 is 4.42 Å². The number of benzene rings is 2. The van der Waals surface area contributed by atoms with E-state index >= 15 is 0 Å². The molecule has 0 radical (unpaired) electrons. The third kappa shape index (κ3) is 2.05.